The Morgan fingerprint density at radius 2 is 2.05 bits per heavy atom. The average Bonchev–Trinajstić information content (AvgIpc) is 2.46. The minimum Gasteiger partial charge on any atom is -0.484 e. The highest BCUT2D eigenvalue weighted by Gasteiger charge is 2.07. The van der Waals surface area contributed by atoms with Gasteiger partial charge < -0.3 is 4.74 Å². The normalized spacial score (nSPS) is 10.4. The van der Waals surface area contributed by atoms with Crippen molar-refractivity contribution in [2.75, 3.05) is 6.54 Å². The Bertz CT molecular complexity index is 633. The smallest absolute Gasteiger partial charge is 0.207 e. The second kappa shape index (κ2) is 6.74. The summed E-state index contributed by atoms with van der Waals surface area (Å²) in [5, 5.41) is 10.3. The average molecular weight is 294 g/mol. The lowest BCUT2D eigenvalue weighted by Crippen LogP contribution is -2.05. The van der Waals surface area contributed by atoms with Crippen LogP contribution in [0.1, 0.15) is 11.3 Å². The van der Waals surface area contributed by atoms with Crippen molar-refractivity contribution in [3.8, 4) is 5.75 Å². The van der Waals surface area contributed by atoms with Gasteiger partial charge in [-0.25, -0.2) is 8.78 Å². The third-order valence-corrected chi connectivity index (χ3v) is 2.74. The summed E-state index contributed by atoms with van der Waals surface area (Å²) < 4.78 is 31.7. The van der Waals surface area contributed by atoms with Gasteiger partial charge in [-0.3, -0.25) is 15.1 Å². The van der Waals surface area contributed by atoms with Gasteiger partial charge in [0.15, 0.2) is 11.6 Å². The van der Waals surface area contributed by atoms with Gasteiger partial charge in [-0.05, 0) is 29.8 Å². The maximum Gasteiger partial charge on any atom is 0.207 e. The van der Waals surface area contributed by atoms with E-state index in [1.165, 1.54) is 24.3 Å². The molecule has 1 aromatic heterocycles. The lowest BCUT2D eigenvalue weighted by atomic mass is 10.1. The molecule has 7 heteroatoms. The molecule has 21 heavy (non-hydrogen) atoms. The van der Waals surface area contributed by atoms with Crippen molar-refractivity contribution in [2.24, 2.45) is 0 Å². The molecular formula is C14H12F2N2O3. The molecule has 0 aliphatic rings. The Labute approximate surface area is 119 Å². The predicted molar refractivity (Wildman–Crippen MR) is 70.5 cm³/mol. The van der Waals surface area contributed by atoms with Gasteiger partial charge in [0, 0.05) is 11.3 Å². The van der Waals surface area contributed by atoms with Crippen LogP contribution in [0.3, 0.4) is 0 Å². The second-order valence-electron chi connectivity index (χ2n) is 4.33. The van der Waals surface area contributed by atoms with E-state index in [-0.39, 0.29) is 25.3 Å². The minimum absolute atomic E-state index is 0.00540. The molecule has 0 spiro atoms. The Hall–Kier alpha value is -2.57. The number of halogens is 2. The van der Waals surface area contributed by atoms with E-state index in [0.717, 1.165) is 6.20 Å². The fraction of sp³-hybridized carbons (Fsp3) is 0.214. The summed E-state index contributed by atoms with van der Waals surface area (Å²) in [6.07, 6.45) is 1.21. The Morgan fingerprint density at radius 3 is 2.67 bits per heavy atom. The number of nitro groups is 1. The van der Waals surface area contributed by atoms with Crippen molar-refractivity contribution in [3.63, 3.8) is 0 Å². The molecule has 2 aromatic rings. The van der Waals surface area contributed by atoms with Gasteiger partial charge >= 0.3 is 0 Å². The third-order valence-electron chi connectivity index (χ3n) is 2.74. The van der Waals surface area contributed by atoms with Gasteiger partial charge in [0.2, 0.25) is 6.54 Å². The van der Waals surface area contributed by atoms with Gasteiger partial charge in [-0.2, -0.15) is 0 Å². The summed E-state index contributed by atoms with van der Waals surface area (Å²) in [5.74, 6) is -1.04. The van der Waals surface area contributed by atoms with Crippen molar-refractivity contribution in [2.45, 2.75) is 13.0 Å². The summed E-state index contributed by atoms with van der Waals surface area (Å²) in [6, 6.07) is 6.87. The van der Waals surface area contributed by atoms with E-state index < -0.39 is 16.6 Å². The molecule has 0 aliphatic carbocycles. The van der Waals surface area contributed by atoms with Gasteiger partial charge in [-0.15, -0.1) is 0 Å². The molecule has 0 saturated heterocycles. The van der Waals surface area contributed by atoms with Crippen molar-refractivity contribution >= 4 is 0 Å². The number of nitrogens with zero attached hydrogens (tertiary/aromatic N) is 2. The number of hydrogen-bond donors (Lipinski definition) is 0. The molecule has 0 atom stereocenters. The number of hydrogen-bond acceptors (Lipinski definition) is 4. The first-order chi connectivity index (χ1) is 10.0. The molecule has 0 bridgehead atoms. The third kappa shape index (κ3) is 4.48. The second-order valence-corrected chi connectivity index (χ2v) is 4.33. The Kier molecular flexibility index (Phi) is 4.76. The number of ether oxygens (including phenoxy) is 1. The fourth-order valence-corrected chi connectivity index (χ4v) is 1.68. The van der Waals surface area contributed by atoms with Crippen LogP contribution in [0.25, 0.3) is 0 Å². The van der Waals surface area contributed by atoms with Crippen LogP contribution in [-0.4, -0.2) is 16.5 Å². The van der Waals surface area contributed by atoms with Crippen molar-refractivity contribution in [1.29, 1.82) is 0 Å². The Morgan fingerprint density at radius 1 is 1.24 bits per heavy atom. The maximum atomic E-state index is 13.8. The monoisotopic (exact) mass is 294 g/mol. The topological polar surface area (TPSA) is 65.3 Å². The van der Waals surface area contributed by atoms with E-state index in [0.29, 0.717) is 11.3 Å². The molecular weight excluding hydrogens is 282 g/mol. The molecule has 0 fully saturated rings. The van der Waals surface area contributed by atoms with Crippen molar-refractivity contribution in [3.05, 3.63) is 69.5 Å². The lowest BCUT2D eigenvalue weighted by molar-refractivity contribution is -0.479. The SMILES string of the molecule is O=[N+]([O-])CCc1ccc(OCc2ccc(F)cn2)c(F)c1. The molecule has 0 radical (unpaired) electrons. The van der Waals surface area contributed by atoms with Crippen LogP contribution in [0.15, 0.2) is 36.5 Å². The lowest BCUT2D eigenvalue weighted by Gasteiger charge is -2.08. The molecule has 0 aliphatic heterocycles. The first-order valence-electron chi connectivity index (χ1n) is 6.18. The largest absolute Gasteiger partial charge is 0.484 e. The summed E-state index contributed by atoms with van der Waals surface area (Å²) >= 11 is 0. The van der Waals surface area contributed by atoms with E-state index in [4.69, 9.17) is 4.74 Å². The fourth-order valence-electron chi connectivity index (χ4n) is 1.68. The maximum absolute atomic E-state index is 13.8. The zero-order valence-electron chi connectivity index (χ0n) is 11.0. The van der Waals surface area contributed by atoms with E-state index >= 15 is 0 Å². The van der Waals surface area contributed by atoms with Crippen LogP contribution >= 0.6 is 0 Å². The molecule has 0 amide bonds. The van der Waals surface area contributed by atoms with Gasteiger partial charge in [0.05, 0.1) is 11.9 Å². The highest BCUT2D eigenvalue weighted by atomic mass is 19.1. The molecule has 0 unspecified atom stereocenters. The van der Waals surface area contributed by atoms with Crippen LogP contribution in [0, 0.1) is 21.7 Å². The number of benzene rings is 1. The van der Waals surface area contributed by atoms with E-state index in [2.05, 4.69) is 4.98 Å². The first kappa shape index (κ1) is 14.8. The molecule has 5 nitrogen and oxygen atoms in total. The minimum atomic E-state index is -0.599. The molecule has 1 heterocycles. The van der Waals surface area contributed by atoms with E-state index in [9.17, 15) is 18.9 Å². The highest BCUT2D eigenvalue weighted by molar-refractivity contribution is 5.29. The molecule has 1 aromatic carbocycles. The van der Waals surface area contributed by atoms with Gasteiger partial charge in [0.1, 0.15) is 12.4 Å². The quantitative estimate of drug-likeness (QED) is 0.607. The van der Waals surface area contributed by atoms with Crippen molar-refractivity contribution in [1.82, 2.24) is 4.98 Å². The molecule has 110 valence electrons. The first-order valence-corrected chi connectivity index (χ1v) is 6.18. The number of rotatable bonds is 6. The van der Waals surface area contributed by atoms with Gasteiger partial charge in [0.25, 0.3) is 0 Å². The molecule has 2 rings (SSSR count). The Balaban J connectivity index is 1.97. The van der Waals surface area contributed by atoms with Gasteiger partial charge in [-0.1, -0.05) is 6.07 Å². The highest BCUT2D eigenvalue weighted by Crippen LogP contribution is 2.19. The standard InChI is InChI=1S/C14H12F2N2O3/c15-11-2-3-12(17-8-11)9-21-14-4-1-10(7-13(14)16)5-6-18(19)20/h1-4,7-8H,5-6,9H2. The summed E-state index contributed by atoms with van der Waals surface area (Å²) in [6.45, 7) is -0.245. The molecule has 0 N–H and O–H groups in total. The van der Waals surface area contributed by atoms with Crippen LogP contribution in [-0.2, 0) is 13.0 Å². The number of pyridine rings is 1. The number of aromatic nitrogens is 1. The van der Waals surface area contributed by atoms with E-state index in [1.807, 2.05) is 0 Å². The predicted octanol–water partition coefficient (Wildman–Crippen LogP) is 2.76. The van der Waals surface area contributed by atoms with E-state index in [1.54, 1.807) is 6.07 Å². The van der Waals surface area contributed by atoms with Crippen LogP contribution in [0.2, 0.25) is 0 Å². The summed E-state index contributed by atoms with van der Waals surface area (Å²) in [5.41, 5.74) is 0.990. The summed E-state index contributed by atoms with van der Waals surface area (Å²) in [4.78, 5) is 13.6. The zero-order valence-corrected chi connectivity index (χ0v) is 11.0. The van der Waals surface area contributed by atoms with Crippen LogP contribution < -0.4 is 4.74 Å². The van der Waals surface area contributed by atoms with Crippen molar-refractivity contribution < 1.29 is 18.4 Å². The zero-order chi connectivity index (χ0) is 15.2. The van der Waals surface area contributed by atoms with Crippen LogP contribution in [0.5, 0.6) is 5.75 Å². The molecule has 0 saturated carbocycles. The van der Waals surface area contributed by atoms with Crippen LogP contribution in [0.4, 0.5) is 8.78 Å². The summed E-state index contributed by atoms with van der Waals surface area (Å²) in [7, 11) is 0.